The summed E-state index contributed by atoms with van der Waals surface area (Å²) in [5.74, 6) is 0.644. The van der Waals surface area contributed by atoms with E-state index < -0.39 is 10.0 Å². The van der Waals surface area contributed by atoms with Crippen molar-refractivity contribution in [2.45, 2.75) is 17.7 Å². The summed E-state index contributed by atoms with van der Waals surface area (Å²) in [7, 11) is -3.64. The molecule has 2 rings (SSSR count). The summed E-state index contributed by atoms with van der Waals surface area (Å²) in [6.07, 6.45) is 1.86. The number of benzene rings is 2. The molecular formula is C15H17NO3S. The highest BCUT2D eigenvalue weighted by atomic mass is 32.2. The highest BCUT2D eigenvalue weighted by molar-refractivity contribution is 7.89. The van der Waals surface area contributed by atoms with E-state index in [-0.39, 0.29) is 4.90 Å². The van der Waals surface area contributed by atoms with Gasteiger partial charge in [-0.1, -0.05) is 30.3 Å². The van der Waals surface area contributed by atoms with Crippen LogP contribution in [0.25, 0.3) is 0 Å². The van der Waals surface area contributed by atoms with Crippen LogP contribution in [-0.4, -0.2) is 15.0 Å². The van der Waals surface area contributed by atoms with Gasteiger partial charge in [0.25, 0.3) is 0 Å². The molecule has 0 aromatic heterocycles. The van der Waals surface area contributed by atoms with Crippen LogP contribution in [0.1, 0.15) is 12.0 Å². The van der Waals surface area contributed by atoms with E-state index >= 15 is 0 Å². The van der Waals surface area contributed by atoms with Crippen molar-refractivity contribution >= 4 is 10.0 Å². The molecule has 0 aliphatic rings. The third-order valence-electron chi connectivity index (χ3n) is 2.87. The summed E-state index contributed by atoms with van der Waals surface area (Å²) in [4.78, 5) is 0.0918. The van der Waals surface area contributed by atoms with Gasteiger partial charge in [0.1, 0.15) is 5.75 Å². The fraction of sp³-hybridized carbons (Fsp3) is 0.200. The van der Waals surface area contributed by atoms with Crippen LogP contribution < -0.4 is 9.88 Å². The molecule has 0 fully saturated rings. The first-order valence-corrected chi connectivity index (χ1v) is 7.90. The van der Waals surface area contributed by atoms with Crippen molar-refractivity contribution in [3.8, 4) is 5.75 Å². The zero-order chi connectivity index (χ0) is 14.4. The normalized spacial score (nSPS) is 11.2. The first-order valence-electron chi connectivity index (χ1n) is 6.35. The Morgan fingerprint density at radius 1 is 0.950 bits per heavy atom. The van der Waals surface area contributed by atoms with Crippen LogP contribution in [0.3, 0.4) is 0 Å². The largest absolute Gasteiger partial charge is 0.494 e. The molecule has 0 unspecified atom stereocenters. The lowest BCUT2D eigenvalue weighted by Crippen LogP contribution is -2.11. The van der Waals surface area contributed by atoms with Crippen LogP contribution in [0.15, 0.2) is 59.5 Å². The van der Waals surface area contributed by atoms with Gasteiger partial charge in [-0.05, 0) is 42.7 Å². The van der Waals surface area contributed by atoms with E-state index in [0.717, 1.165) is 12.8 Å². The van der Waals surface area contributed by atoms with E-state index in [4.69, 9.17) is 9.88 Å². The van der Waals surface area contributed by atoms with Gasteiger partial charge < -0.3 is 4.74 Å². The SMILES string of the molecule is NS(=O)(=O)c1ccc(OCCCc2ccccc2)cc1. The molecular weight excluding hydrogens is 274 g/mol. The van der Waals surface area contributed by atoms with E-state index in [9.17, 15) is 8.42 Å². The average molecular weight is 291 g/mol. The molecule has 4 nitrogen and oxygen atoms in total. The van der Waals surface area contributed by atoms with Gasteiger partial charge in [-0.2, -0.15) is 0 Å². The van der Waals surface area contributed by atoms with Gasteiger partial charge >= 0.3 is 0 Å². The van der Waals surface area contributed by atoms with Gasteiger partial charge in [-0.25, -0.2) is 13.6 Å². The van der Waals surface area contributed by atoms with E-state index in [1.165, 1.54) is 17.7 Å². The van der Waals surface area contributed by atoms with E-state index in [1.54, 1.807) is 12.1 Å². The Bertz CT molecular complexity index is 637. The fourth-order valence-electron chi connectivity index (χ4n) is 1.84. The minimum absolute atomic E-state index is 0.0918. The summed E-state index contributed by atoms with van der Waals surface area (Å²) in [5.41, 5.74) is 1.28. The van der Waals surface area contributed by atoms with E-state index in [0.29, 0.717) is 12.4 Å². The summed E-state index contributed by atoms with van der Waals surface area (Å²) >= 11 is 0. The maximum atomic E-state index is 11.1. The number of ether oxygens (including phenoxy) is 1. The molecule has 0 aliphatic heterocycles. The Morgan fingerprint density at radius 3 is 2.20 bits per heavy atom. The monoisotopic (exact) mass is 291 g/mol. The summed E-state index contributed by atoms with van der Waals surface area (Å²) in [6.45, 7) is 0.587. The Balaban J connectivity index is 1.80. The molecule has 20 heavy (non-hydrogen) atoms. The molecule has 0 bridgehead atoms. The maximum absolute atomic E-state index is 11.1. The van der Waals surface area contributed by atoms with E-state index in [2.05, 4.69) is 12.1 Å². The molecule has 0 saturated carbocycles. The molecule has 0 radical (unpaired) electrons. The van der Waals surface area contributed by atoms with Gasteiger partial charge in [-0.3, -0.25) is 0 Å². The molecule has 2 aromatic rings. The van der Waals surface area contributed by atoms with E-state index in [1.807, 2.05) is 18.2 Å². The lowest BCUT2D eigenvalue weighted by atomic mass is 10.1. The second-order valence-electron chi connectivity index (χ2n) is 4.45. The van der Waals surface area contributed by atoms with Crippen molar-refractivity contribution < 1.29 is 13.2 Å². The van der Waals surface area contributed by atoms with Crippen molar-refractivity contribution in [3.05, 3.63) is 60.2 Å². The first kappa shape index (κ1) is 14.6. The number of primary sulfonamides is 1. The summed E-state index contributed by atoms with van der Waals surface area (Å²) in [6, 6.07) is 16.3. The summed E-state index contributed by atoms with van der Waals surface area (Å²) < 4.78 is 27.8. The van der Waals surface area contributed by atoms with Gasteiger partial charge in [0.05, 0.1) is 11.5 Å². The summed E-state index contributed by atoms with van der Waals surface area (Å²) in [5, 5.41) is 5.02. The smallest absolute Gasteiger partial charge is 0.238 e. The fourth-order valence-corrected chi connectivity index (χ4v) is 2.35. The third kappa shape index (κ3) is 4.36. The van der Waals surface area contributed by atoms with Crippen molar-refractivity contribution in [1.82, 2.24) is 0 Å². The molecule has 0 atom stereocenters. The van der Waals surface area contributed by atoms with Gasteiger partial charge in [-0.15, -0.1) is 0 Å². The van der Waals surface area contributed by atoms with Crippen LogP contribution in [0.2, 0.25) is 0 Å². The zero-order valence-corrected chi connectivity index (χ0v) is 11.8. The Kier molecular flexibility index (Phi) is 4.76. The van der Waals surface area contributed by atoms with Crippen molar-refractivity contribution in [3.63, 3.8) is 0 Å². The molecule has 0 spiro atoms. The van der Waals surface area contributed by atoms with Crippen LogP contribution >= 0.6 is 0 Å². The standard InChI is InChI=1S/C15H17NO3S/c16-20(17,18)15-10-8-14(9-11-15)19-12-4-7-13-5-2-1-3-6-13/h1-3,5-6,8-11H,4,7,12H2,(H2,16,17,18). The van der Waals surface area contributed by atoms with Gasteiger partial charge in [0, 0.05) is 0 Å². The van der Waals surface area contributed by atoms with Crippen LogP contribution in [-0.2, 0) is 16.4 Å². The van der Waals surface area contributed by atoms with Crippen molar-refractivity contribution in [2.24, 2.45) is 5.14 Å². The minimum Gasteiger partial charge on any atom is -0.494 e. The molecule has 2 N–H and O–H groups in total. The second kappa shape index (κ2) is 6.54. The predicted molar refractivity (Wildman–Crippen MR) is 78.1 cm³/mol. The zero-order valence-electron chi connectivity index (χ0n) is 11.0. The van der Waals surface area contributed by atoms with Crippen LogP contribution in [0, 0.1) is 0 Å². The maximum Gasteiger partial charge on any atom is 0.238 e. The minimum atomic E-state index is -3.64. The Morgan fingerprint density at radius 2 is 1.60 bits per heavy atom. The molecule has 2 aromatic carbocycles. The lowest BCUT2D eigenvalue weighted by Gasteiger charge is -2.07. The Labute approximate surface area is 119 Å². The molecule has 0 amide bonds. The number of hydrogen-bond donors (Lipinski definition) is 1. The van der Waals surface area contributed by atoms with Crippen molar-refractivity contribution in [2.75, 3.05) is 6.61 Å². The predicted octanol–water partition coefficient (Wildman–Crippen LogP) is 2.35. The topological polar surface area (TPSA) is 69.4 Å². The first-order chi connectivity index (χ1) is 9.55. The highest BCUT2D eigenvalue weighted by Gasteiger charge is 2.06. The number of nitrogens with two attached hydrogens (primary N) is 1. The van der Waals surface area contributed by atoms with Gasteiger partial charge in [0.15, 0.2) is 0 Å². The van der Waals surface area contributed by atoms with Crippen LogP contribution in [0.4, 0.5) is 0 Å². The molecule has 106 valence electrons. The average Bonchev–Trinajstić information content (AvgIpc) is 2.44. The number of aryl methyl sites for hydroxylation is 1. The molecule has 0 saturated heterocycles. The Hall–Kier alpha value is -1.85. The second-order valence-corrected chi connectivity index (χ2v) is 6.02. The van der Waals surface area contributed by atoms with Crippen LogP contribution in [0.5, 0.6) is 5.75 Å². The number of rotatable bonds is 6. The quantitative estimate of drug-likeness (QED) is 0.831. The number of sulfonamides is 1. The highest BCUT2D eigenvalue weighted by Crippen LogP contribution is 2.15. The molecule has 5 heteroatoms. The van der Waals surface area contributed by atoms with Gasteiger partial charge in [0.2, 0.25) is 10.0 Å². The van der Waals surface area contributed by atoms with Crippen molar-refractivity contribution in [1.29, 1.82) is 0 Å². The lowest BCUT2D eigenvalue weighted by molar-refractivity contribution is 0.311. The molecule has 0 aliphatic carbocycles. The third-order valence-corrected chi connectivity index (χ3v) is 3.80. The number of hydrogen-bond acceptors (Lipinski definition) is 3. The molecule has 0 heterocycles.